The first-order valence-electron chi connectivity index (χ1n) is 10.1. The van der Waals surface area contributed by atoms with Crippen molar-refractivity contribution in [2.75, 3.05) is 21.1 Å². The molecular formula is C23H26N4O5S. The Morgan fingerprint density at radius 3 is 2.36 bits per heavy atom. The summed E-state index contributed by atoms with van der Waals surface area (Å²) in [6.07, 6.45) is 0. The third-order valence-electron chi connectivity index (χ3n) is 5.34. The van der Waals surface area contributed by atoms with E-state index < -0.39 is 32.9 Å². The number of nitrogens with one attached hydrogen (secondary N) is 1. The second-order valence-corrected chi connectivity index (χ2v) is 10.1. The number of nitrogens with zero attached hydrogens (tertiary/aromatic N) is 3. The van der Waals surface area contributed by atoms with Gasteiger partial charge in [0, 0.05) is 33.3 Å². The molecule has 1 aromatic heterocycles. The zero-order valence-corrected chi connectivity index (χ0v) is 19.9. The van der Waals surface area contributed by atoms with Gasteiger partial charge in [-0.25, -0.2) is 17.7 Å². The number of sulfonamides is 1. The minimum Gasteiger partial charge on any atom is -0.501 e. The Balaban J connectivity index is 2.05. The van der Waals surface area contributed by atoms with Crippen molar-refractivity contribution in [3.05, 3.63) is 75.2 Å². The van der Waals surface area contributed by atoms with E-state index in [4.69, 9.17) is 0 Å². The van der Waals surface area contributed by atoms with Crippen LogP contribution in [0.3, 0.4) is 0 Å². The van der Waals surface area contributed by atoms with Gasteiger partial charge in [0.05, 0.1) is 4.90 Å². The number of aryl methyl sites for hydroxylation is 2. The molecule has 1 amide bonds. The first-order valence-corrected chi connectivity index (χ1v) is 11.5. The summed E-state index contributed by atoms with van der Waals surface area (Å²) in [4.78, 5) is 33.3. The summed E-state index contributed by atoms with van der Waals surface area (Å²) in [7, 11) is 0.438. The molecule has 0 bridgehead atoms. The number of amides is 1. The number of aromatic nitrogens is 2. The van der Waals surface area contributed by atoms with Crippen molar-refractivity contribution >= 4 is 15.9 Å². The Bertz CT molecular complexity index is 1380. The molecule has 2 aromatic carbocycles. The van der Waals surface area contributed by atoms with Gasteiger partial charge < -0.3 is 15.0 Å². The molecule has 0 radical (unpaired) electrons. The summed E-state index contributed by atoms with van der Waals surface area (Å²) in [5, 5.41) is 10.3. The summed E-state index contributed by atoms with van der Waals surface area (Å²) < 4.78 is 26.5. The fourth-order valence-corrected chi connectivity index (χ4v) is 4.34. The van der Waals surface area contributed by atoms with Crippen LogP contribution in [-0.4, -0.2) is 59.7 Å². The van der Waals surface area contributed by atoms with E-state index >= 15 is 0 Å². The van der Waals surface area contributed by atoms with Gasteiger partial charge in [0.15, 0.2) is 5.69 Å². The molecule has 0 saturated carbocycles. The van der Waals surface area contributed by atoms with Crippen LogP contribution < -0.4 is 5.56 Å². The van der Waals surface area contributed by atoms with Crippen LogP contribution in [0.1, 0.15) is 27.2 Å². The molecule has 0 atom stereocenters. The first-order chi connectivity index (χ1) is 15.4. The van der Waals surface area contributed by atoms with Gasteiger partial charge in [0.1, 0.15) is 5.82 Å². The number of hydrogen-bond donors (Lipinski definition) is 2. The average Bonchev–Trinajstić information content (AvgIpc) is 2.77. The van der Waals surface area contributed by atoms with E-state index in [-0.39, 0.29) is 22.8 Å². The lowest BCUT2D eigenvalue weighted by Crippen LogP contribution is -2.29. The molecule has 2 N–H and O–H groups in total. The van der Waals surface area contributed by atoms with Crippen LogP contribution in [0.4, 0.5) is 0 Å². The van der Waals surface area contributed by atoms with Crippen LogP contribution in [0, 0.1) is 13.8 Å². The molecule has 33 heavy (non-hydrogen) atoms. The quantitative estimate of drug-likeness (QED) is 0.570. The summed E-state index contributed by atoms with van der Waals surface area (Å²) in [5.41, 5.74) is 1.77. The lowest BCUT2D eigenvalue weighted by atomic mass is 10.1. The summed E-state index contributed by atoms with van der Waals surface area (Å²) in [6, 6.07) is 11.8. The molecule has 0 saturated heterocycles. The molecule has 3 aromatic rings. The fraction of sp³-hybridized carbons (Fsp3) is 0.261. The van der Waals surface area contributed by atoms with Crippen molar-refractivity contribution in [1.29, 1.82) is 0 Å². The molecule has 1 heterocycles. The Morgan fingerprint density at radius 2 is 1.73 bits per heavy atom. The largest absolute Gasteiger partial charge is 0.501 e. The van der Waals surface area contributed by atoms with Gasteiger partial charge in [-0.05, 0) is 42.7 Å². The van der Waals surface area contributed by atoms with Crippen LogP contribution in [0.25, 0.3) is 11.4 Å². The van der Waals surface area contributed by atoms with Crippen molar-refractivity contribution in [1.82, 2.24) is 19.2 Å². The predicted octanol–water partition coefficient (Wildman–Crippen LogP) is 2.28. The Morgan fingerprint density at radius 1 is 1.06 bits per heavy atom. The zero-order chi connectivity index (χ0) is 24.5. The first kappa shape index (κ1) is 24.1. The molecule has 3 rings (SSSR count). The smallest absolute Gasteiger partial charge is 0.294 e. The molecule has 9 nitrogen and oxygen atoms in total. The van der Waals surface area contributed by atoms with Crippen molar-refractivity contribution in [2.45, 2.75) is 25.3 Å². The van der Waals surface area contributed by atoms with E-state index in [1.807, 2.05) is 32.0 Å². The second-order valence-electron chi connectivity index (χ2n) is 7.98. The maximum atomic E-state index is 13.1. The van der Waals surface area contributed by atoms with Gasteiger partial charge in [-0.1, -0.05) is 30.3 Å². The number of aromatic hydroxyl groups is 1. The van der Waals surface area contributed by atoms with Crippen molar-refractivity contribution in [3.8, 4) is 17.1 Å². The van der Waals surface area contributed by atoms with Gasteiger partial charge in [0.25, 0.3) is 11.5 Å². The van der Waals surface area contributed by atoms with Gasteiger partial charge in [0.2, 0.25) is 15.8 Å². The van der Waals surface area contributed by atoms with Gasteiger partial charge in [-0.15, -0.1) is 0 Å². The van der Waals surface area contributed by atoms with E-state index in [0.717, 1.165) is 21.0 Å². The topological polar surface area (TPSA) is 124 Å². The second kappa shape index (κ2) is 9.16. The minimum atomic E-state index is -3.86. The van der Waals surface area contributed by atoms with E-state index in [0.29, 0.717) is 0 Å². The van der Waals surface area contributed by atoms with Crippen molar-refractivity contribution in [3.63, 3.8) is 0 Å². The number of hydrogen-bond acceptors (Lipinski definition) is 6. The third kappa shape index (κ3) is 4.81. The van der Waals surface area contributed by atoms with Crippen molar-refractivity contribution in [2.24, 2.45) is 0 Å². The highest BCUT2D eigenvalue weighted by Gasteiger charge is 2.26. The Kier molecular flexibility index (Phi) is 6.71. The molecule has 0 aliphatic heterocycles. The Labute approximate surface area is 192 Å². The summed E-state index contributed by atoms with van der Waals surface area (Å²) in [6.45, 7) is 4.19. The van der Waals surface area contributed by atoms with Crippen LogP contribution in [0.15, 0.2) is 52.2 Å². The molecule has 0 aliphatic carbocycles. The number of carbonyl (C=O) groups is 1. The lowest BCUT2D eigenvalue weighted by molar-refractivity contribution is 0.0775. The fourth-order valence-electron chi connectivity index (χ4n) is 3.26. The zero-order valence-electron chi connectivity index (χ0n) is 19.1. The standard InChI is InChI=1S/C23H26N4O5S/c1-14-10-11-16(12-15(14)2)13-27(5)23(30)19-20(28)22(29)25-21(24-19)17-8-6-7-9-18(17)33(31,32)26(3)4/h6-12,28H,13H2,1-5H3,(H,24,25,29). The number of aromatic amines is 1. The highest BCUT2D eigenvalue weighted by Crippen LogP contribution is 2.27. The normalized spacial score (nSPS) is 11.6. The highest BCUT2D eigenvalue weighted by molar-refractivity contribution is 7.89. The molecule has 0 aliphatic rings. The van der Waals surface area contributed by atoms with Crippen LogP contribution in [0.5, 0.6) is 5.75 Å². The van der Waals surface area contributed by atoms with Crippen LogP contribution in [-0.2, 0) is 16.6 Å². The number of H-pyrrole nitrogens is 1. The average molecular weight is 471 g/mol. The summed E-state index contributed by atoms with van der Waals surface area (Å²) in [5.74, 6) is -1.64. The molecular weight excluding hydrogens is 444 g/mol. The molecule has 0 fully saturated rings. The van der Waals surface area contributed by atoms with Crippen LogP contribution >= 0.6 is 0 Å². The summed E-state index contributed by atoms with van der Waals surface area (Å²) >= 11 is 0. The van der Waals surface area contributed by atoms with E-state index in [1.54, 1.807) is 12.1 Å². The maximum Gasteiger partial charge on any atom is 0.294 e. The van der Waals surface area contributed by atoms with E-state index in [1.165, 1.54) is 38.2 Å². The third-order valence-corrected chi connectivity index (χ3v) is 7.21. The highest BCUT2D eigenvalue weighted by atomic mass is 32.2. The number of benzene rings is 2. The van der Waals surface area contributed by atoms with Gasteiger partial charge in [-0.3, -0.25) is 9.59 Å². The predicted molar refractivity (Wildman–Crippen MR) is 125 cm³/mol. The lowest BCUT2D eigenvalue weighted by Gasteiger charge is -2.19. The van der Waals surface area contributed by atoms with E-state index in [2.05, 4.69) is 9.97 Å². The van der Waals surface area contributed by atoms with Crippen molar-refractivity contribution < 1.29 is 18.3 Å². The SMILES string of the molecule is Cc1ccc(CN(C)C(=O)c2nc(-c3ccccc3S(=O)(=O)N(C)C)[nH]c(=O)c2O)cc1C. The van der Waals surface area contributed by atoms with Crippen LogP contribution in [0.2, 0.25) is 0 Å². The van der Waals surface area contributed by atoms with Gasteiger partial charge >= 0.3 is 0 Å². The number of rotatable bonds is 6. The molecule has 10 heteroatoms. The van der Waals surface area contributed by atoms with Gasteiger partial charge in [-0.2, -0.15) is 0 Å². The minimum absolute atomic E-state index is 0.0919. The molecule has 174 valence electrons. The maximum absolute atomic E-state index is 13.1. The van der Waals surface area contributed by atoms with E-state index in [9.17, 15) is 23.1 Å². The molecule has 0 spiro atoms. The monoisotopic (exact) mass is 470 g/mol. The number of carbonyl (C=O) groups excluding carboxylic acids is 1. The Hall–Kier alpha value is -3.50. The molecule has 0 unspecified atom stereocenters.